The van der Waals surface area contributed by atoms with Crippen molar-refractivity contribution >= 4 is 21.7 Å². The molecular formula is C22H21N5O4S. The number of hydrogen-bond donors (Lipinski definition) is 2. The van der Waals surface area contributed by atoms with E-state index in [1.165, 1.54) is 4.68 Å². The molecule has 2 atom stereocenters. The van der Waals surface area contributed by atoms with Crippen LogP contribution in [-0.4, -0.2) is 52.5 Å². The van der Waals surface area contributed by atoms with Gasteiger partial charge in [-0.3, -0.25) is 14.6 Å². The highest BCUT2D eigenvalue weighted by Gasteiger charge is 2.38. The molecule has 2 N–H and O–H groups in total. The average Bonchev–Trinajstić information content (AvgIpc) is 3.43. The summed E-state index contributed by atoms with van der Waals surface area (Å²) >= 11 is 0. The molecule has 10 heteroatoms. The zero-order chi connectivity index (χ0) is 22.3. The van der Waals surface area contributed by atoms with Crippen LogP contribution >= 0.6 is 0 Å². The molecule has 2 amide bonds. The van der Waals surface area contributed by atoms with Crippen molar-refractivity contribution in [2.75, 3.05) is 11.5 Å². The van der Waals surface area contributed by atoms with E-state index in [-0.39, 0.29) is 29.9 Å². The molecule has 1 aromatic carbocycles. The van der Waals surface area contributed by atoms with Crippen LogP contribution < -0.4 is 10.6 Å². The molecule has 0 bridgehead atoms. The predicted molar refractivity (Wildman–Crippen MR) is 116 cm³/mol. The molecule has 2 aliphatic heterocycles. The average molecular weight is 452 g/mol. The van der Waals surface area contributed by atoms with Gasteiger partial charge in [0.15, 0.2) is 9.84 Å². The molecule has 2 unspecified atom stereocenters. The summed E-state index contributed by atoms with van der Waals surface area (Å²) in [5, 5.41) is 10.4. The fourth-order valence-electron chi connectivity index (χ4n) is 4.30. The maximum absolute atomic E-state index is 12.9. The number of carbonyl (C=O) groups is 2. The first-order valence-electron chi connectivity index (χ1n) is 10.3. The summed E-state index contributed by atoms with van der Waals surface area (Å²) in [4.78, 5) is 29.8. The molecule has 0 radical (unpaired) electrons. The van der Waals surface area contributed by atoms with E-state index in [9.17, 15) is 18.0 Å². The monoisotopic (exact) mass is 451 g/mol. The Labute approximate surface area is 184 Å². The second kappa shape index (κ2) is 7.86. The van der Waals surface area contributed by atoms with Crippen molar-refractivity contribution in [2.45, 2.75) is 25.0 Å². The quantitative estimate of drug-likeness (QED) is 0.599. The highest BCUT2D eigenvalue weighted by atomic mass is 32.2. The van der Waals surface area contributed by atoms with E-state index in [1.807, 2.05) is 36.4 Å². The first kappa shape index (κ1) is 20.4. The zero-order valence-corrected chi connectivity index (χ0v) is 17.9. The minimum absolute atomic E-state index is 0.0607. The molecule has 1 fully saturated rings. The number of benzene rings is 1. The van der Waals surface area contributed by atoms with Crippen molar-refractivity contribution in [3.63, 3.8) is 0 Å². The molecule has 5 rings (SSSR count). The Morgan fingerprint density at radius 1 is 1.19 bits per heavy atom. The van der Waals surface area contributed by atoms with Crippen LogP contribution in [0.3, 0.4) is 0 Å². The number of nitrogens with zero attached hydrogens (tertiary/aromatic N) is 3. The third kappa shape index (κ3) is 3.77. The number of hydrogen-bond acceptors (Lipinski definition) is 6. The molecule has 0 spiro atoms. The third-order valence-corrected chi connectivity index (χ3v) is 7.49. The van der Waals surface area contributed by atoms with Gasteiger partial charge in [0.2, 0.25) is 5.91 Å². The van der Waals surface area contributed by atoms with Crippen molar-refractivity contribution in [3.05, 3.63) is 71.7 Å². The Kier molecular flexibility index (Phi) is 5.01. The summed E-state index contributed by atoms with van der Waals surface area (Å²) in [5.74, 6) is -0.688. The highest BCUT2D eigenvalue weighted by Crippen LogP contribution is 2.38. The molecule has 164 valence electrons. The fourth-order valence-corrected chi connectivity index (χ4v) is 5.97. The van der Waals surface area contributed by atoms with Gasteiger partial charge in [-0.05, 0) is 18.1 Å². The van der Waals surface area contributed by atoms with Crippen LogP contribution in [0.1, 0.15) is 34.1 Å². The number of carbonyl (C=O) groups excluding carboxylic acids is 2. The summed E-state index contributed by atoms with van der Waals surface area (Å²) < 4.78 is 24.8. The van der Waals surface area contributed by atoms with E-state index in [2.05, 4.69) is 20.7 Å². The van der Waals surface area contributed by atoms with Gasteiger partial charge in [0.05, 0.1) is 23.2 Å². The first-order chi connectivity index (χ1) is 15.4. The predicted octanol–water partition coefficient (Wildman–Crippen LogP) is 1.08. The molecule has 2 aliphatic rings. The second-order valence-corrected chi connectivity index (χ2v) is 10.2. The minimum Gasteiger partial charge on any atom is -0.351 e. The van der Waals surface area contributed by atoms with Crippen LogP contribution in [0.25, 0.3) is 11.3 Å². The number of pyridine rings is 1. The topological polar surface area (TPSA) is 123 Å². The van der Waals surface area contributed by atoms with Crippen molar-refractivity contribution in [3.8, 4) is 11.3 Å². The largest absolute Gasteiger partial charge is 0.351 e. The van der Waals surface area contributed by atoms with Crippen LogP contribution in [0.2, 0.25) is 0 Å². The summed E-state index contributed by atoms with van der Waals surface area (Å²) in [6, 6.07) is 12.3. The van der Waals surface area contributed by atoms with Crippen molar-refractivity contribution in [1.29, 1.82) is 0 Å². The summed E-state index contributed by atoms with van der Waals surface area (Å²) in [5.41, 5.74) is 3.29. The van der Waals surface area contributed by atoms with E-state index in [0.717, 1.165) is 11.1 Å². The standard InChI is InChI=1S/C22H21N5O4S/c28-17(24-16-8-10-32(30,31)13-16)12-27-21-18(20(26-27)14-5-2-1-3-6-14)19(25-22(21)29)15-7-4-9-23-11-15/h1-7,9,11,16,19H,8,10,12-13H2,(H,24,28)(H,25,29). The number of rotatable bonds is 5. The lowest BCUT2D eigenvalue weighted by Crippen LogP contribution is -2.38. The number of nitrogens with one attached hydrogen (secondary N) is 2. The molecule has 9 nitrogen and oxygen atoms in total. The maximum atomic E-state index is 12.9. The molecule has 32 heavy (non-hydrogen) atoms. The van der Waals surface area contributed by atoms with E-state index in [1.54, 1.807) is 18.5 Å². The molecule has 1 saturated heterocycles. The van der Waals surface area contributed by atoms with Crippen LogP contribution in [0.4, 0.5) is 0 Å². The van der Waals surface area contributed by atoms with Crippen molar-refractivity contribution < 1.29 is 18.0 Å². The lowest BCUT2D eigenvalue weighted by Gasteiger charge is -2.13. The van der Waals surface area contributed by atoms with Gasteiger partial charge in [0, 0.05) is 29.6 Å². The van der Waals surface area contributed by atoms with Gasteiger partial charge >= 0.3 is 0 Å². The van der Waals surface area contributed by atoms with E-state index < -0.39 is 21.9 Å². The van der Waals surface area contributed by atoms with Gasteiger partial charge in [-0.2, -0.15) is 5.10 Å². The molecule has 0 aliphatic carbocycles. The number of sulfone groups is 1. The fraction of sp³-hybridized carbons (Fsp3) is 0.273. The van der Waals surface area contributed by atoms with Gasteiger partial charge in [0.25, 0.3) is 5.91 Å². The SMILES string of the molecule is O=C(Cn1nc(-c2ccccc2)c2c1C(=O)NC2c1cccnc1)NC1CCS(=O)(=O)C1. The van der Waals surface area contributed by atoms with Gasteiger partial charge in [-0.25, -0.2) is 13.1 Å². The Morgan fingerprint density at radius 3 is 2.69 bits per heavy atom. The maximum Gasteiger partial charge on any atom is 0.270 e. The van der Waals surface area contributed by atoms with Crippen molar-refractivity contribution in [2.24, 2.45) is 0 Å². The summed E-state index contributed by atoms with van der Waals surface area (Å²) in [6.07, 6.45) is 3.75. The van der Waals surface area contributed by atoms with Crippen molar-refractivity contribution in [1.82, 2.24) is 25.4 Å². The smallest absolute Gasteiger partial charge is 0.270 e. The Balaban J connectivity index is 1.51. The van der Waals surface area contributed by atoms with Gasteiger partial charge < -0.3 is 10.6 Å². The van der Waals surface area contributed by atoms with Crippen LogP contribution in [0, 0.1) is 0 Å². The second-order valence-electron chi connectivity index (χ2n) is 7.99. The summed E-state index contributed by atoms with van der Waals surface area (Å²) in [6.45, 7) is -0.182. The Hall–Kier alpha value is -3.53. The molecule has 4 heterocycles. The van der Waals surface area contributed by atoms with Crippen LogP contribution in [-0.2, 0) is 21.2 Å². The lowest BCUT2D eigenvalue weighted by atomic mass is 9.98. The Morgan fingerprint density at radius 2 is 2.00 bits per heavy atom. The normalized spacial score (nSPS) is 21.2. The highest BCUT2D eigenvalue weighted by molar-refractivity contribution is 7.91. The van der Waals surface area contributed by atoms with Crippen LogP contribution in [0.15, 0.2) is 54.9 Å². The molecule has 0 saturated carbocycles. The molecule has 2 aromatic heterocycles. The first-order valence-corrected chi connectivity index (χ1v) is 12.1. The van der Waals surface area contributed by atoms with Crippen LogP contribution in [0.5, 0.6) is 0 Å². The number of aromatic nitrogens is 3. The lowest BCUT2D eigenvalue weighted by molar-refractivity contribution is -0.122. The van der Waals surface area contributed by atoms with Gasteiger partial charge in [0.1, 0.15) is 12.2 Å². The van der Waals surface area contributed by atoms with E-state index in [4.69, 9.17) is 0 Å². The Bertz CT molecular complexity index is 1290. The van der Waals surface area contributed by atoms with Gasteiger partial charge in [-0.1, -0.05) is 36.4 Å². The van der Waals surface area contributed by atoms with E-state index in [0.29, 0.717) is 23.4 Å². The molecular weight excluding hydrogens is 430 g/mol. The zero-order valence-electron chi connectivity index (χ0n) is 17.1. The molecule has 3 aromatic rings. The van der Waals surface area contributed by atoms with Gasteiger partial charge in [-0.15, -0.1) is 0 Å². The number of fused-ring (bicyclic) bond motifs is 1. The third-order valence-electron chi connectivity index (χ3n) is 5.72. The minimum atomic E-state index is -3.11. The summed E-state index contributed by atoms with van der Waals surface area (Å²) in [7, 11) is -3.11. The van der Waals surface area contributed by atoms with E-state index >= 15 is 0 Å². The number of amides is 2.